The van der Waals surface area contributed by atoms with Crippen LogP contribution in [0.25, 0.3) is 0 Å². The van der Waals surface area contributed by atoms with Crippen LogP contribution in [0.3, 0.4) is 0 Å². The zero-order chi connectivity index (χ0) is 14.4. The first-order chi connectivity index (χ1) is 8.90. The molecule has 0 aromatic heterocycles. The summed E-state index contributed by atoms with van der Waals surface area (Å²) in [5.41, 5.74) is 0.722. The van der Waals surface area contributed by atoms with Crippen LogP contribution in [0, 0.1) is 0 Å². The second-order valence-electron chi connectivity index (χ2n) is 3.76. The predicted octanol–water partition coefficient (Wildman–Crippen LogP) is 1.11. The van der Waals surface area contributed by atoms with Crippen LogP contribution in [-0.4, -0.2) is 38.6 Å². The van der Waals surface area contributed by atoms with Crippen molar-refractivity contribution in [3.05, 3.63) is 29.8 Å². The number of phenolic OH excluding ortho intramolecular Hbond substituents is 1. The Labute approximate surface area is 119 Å². The summed E-state index contributed by atoms with van der Waals surface area (Å²) >= 11 is 11.2. The van der Waals surface area contributed by atoms with E-state index in [4.69, 9.17) is 33.8 Å². The van der Waals surface area contributed by atoms with Crippen LogP contribution >= 0.6 is 23.6 Å². The fourth-order valence-electron chi connectivity index (χ4n) is 1.39. The van der Waals surface area contributed by atoms with Crippen molar-refractivity contribution >= 4 is 35.4 Å². The molecule has 1 atom stereocenters. The minimum Gasteiger partial charge on any atom is -0.508 e. The molecule has 0 bridgehead atoms. The highest BCUT2D eigenvalue weighted by Gasteiger charge is 2.24. The molecule has 0 spiro atoms. The molecule has 0 fully saturated rings. The van der Waals surface area contributed by atoms with E-state index in [9.17, 15) is 9.59 Å². The minimum atomic E-state index is -1.16. The normalized spacial score (nSPS) is 12.2. The van der Waals surface area contributed by atoms with Gasteiger partial charge in [0.2, 0.25) is 5.91 Å². The zero-order valence-electron chi connectivity index (χ0n) is 9.72. The fourth-order valence-corrected chi connectivity index (χ4v) is 1.70. The zero-order valence-corrected chi connectivity index (χ0v) is 11.2. The summed E-state index contributed by atoms with van der Waals surface area (Å²) in [5.74, 6) is -1.66. The van der Waals surface area contributed by atoms with Gasteiger partial charge in [0, 0.05) is 0 Å². The van der Waals surface area contributed by atoms with E-state index in [0.29, 0.717) is 3.94 Å². The van der Waals surface area contributed by atoms with E-state index in [1.54, 1.807) is 12.1 Å². The van der Waals surface area contributed by atoms with Gasteiger partial charge >= 0.3 is 5.97 Å². The molecule has 1 amide bonds. The van der Waals surface area contributed by atoms with Crippen LogP contribution in [0.4, 0.5) is 0 Å². The molecule has 0 saturated carbocycles. The number of amides is 1. The Balaban J connectivity index is 2.69. The molecule has 6 nitrogen and oxygen atoms in total. The van der Waals surface area contributed by atoms with E-state index in [1.807, 2.05) is 0 Å². The lowest BCUT2D eigenvalue weighted by Gasteiger charge is -2.18. The number of rotatable bonds is 6. The third kappa shape index (κ3) is 5.34. The van der Waals surface area contributed by atoms with Gasteiger partial charge in [-0.15, -0.1) is 3.94 Å². The minimum absolute atomic E-state index is 0.101. The summed E-state index contributed by atoms with van der Waals surface area (Å²) in [5, 5.41) is 19.8. The highest BCUT2D eigenvalue weighted by molar-refractivity contribution is 6.35. The van der Waals surface area contributed by atoms with E-state index in [0.717, 1.165) is 5.56 Å². The average Bonchev–Trinajstić information content (AvgIpc) is 2.34. The Morgan fingerprint density at radius 2 is 1.84 bits per heavy atom. The van der Waals surface area contributed by atoms with Gasteiger partial charge in [-0.2, -0.15) is 0 Å². The van der Waals surface area contributed by atoms with Crippen molar-refractivity contribution in [3.8, 4) is 5.75 Å². The summed E-state index contributed by atoms with van der Waals surface area (Å²) in [6.45, 7) is -0.507. The second-order valence-corrected chi connectivity index (χ2v) is 4.66. The molecule has 0 aliphatic rings. The summed E-state index contributed by atoms with van der Waals surface area (Å²) in [6.07, 6.45) is 0.179. The van der Waals surface area contributed by atoms with Crippen molar-refractivity contribution in [1.82, 2.24) is 9.25 Å². The summed E-state index contributed by atoms with van der Waals surface area (Å²) in [6, 6.07) is 5.24. The number of nitrogens with zero attached hydrogens (tertiary/aromatic N) is 1. The molecule has 1 rings (SSSR count). The molecule has 1 aromatic carbocycles. The third-order valence-electron chi connectivity index (χ3n) is 2.32. The summed E-state index contributed by atoms with van der Waals surface area (Å²) < 4.78 is 0.671. The van der Waals surface area contributed by atoms with Gasteiger partial charge < -0.3 is 15.5 Å². The lowest BCUT2D eigenvalue weighted by atomic mass is 10.1. The van der Waals surface area contributed by atoms with E-state index in [1.165, 1.54) is 12.1 Å². The lowest BCUT2D eigenvalue weighted by molar-refractivity contribution is -0.138. The Morgan fingerprint density at radius 1 is 1.26 bits per heavy atom. The van der Waals surface area contributed by atoms with Crippen LogP contribution < -0.4 is 5.32 Å². The molecule has 0 radical (unpaired) electrons. The number of hydrogen-bond acceptors (Lipinski definition) is 4. The monoisotopic (exact) mass is 306 g/mol. The summed E-state index contributed by atoms with van der Waals surface area (Å²) in [4.78, 5) is 22.1. The molecule has 104 valence electrons. The van der Waals surface area contributed by atoms with Gasteiger partial charge in [-0.1, -0.05) is 12.1 Å². The van der Waals surface area contributed by atoms with Gasteiger partial charge in [-0.05, 0) is 47.7 Å². The number of nitrogens with one attached hydrogen (secondary N) is 1. The molecule has 0 unspecified atom stereocenters. The van der Waals surface area contributed by atoms with Crippen molar-refractivity contribution in [2.45, 2.75) is 12.5 Å². The van der Waals surface area contributed by atoms with Gasteiger partial charge in [-0.25, -0.2) is 0 Å². The van der Waals surface area contributed by atoms with Crippen molar-refractivity contribution in [2.24, 2.45) is 0 Å². The first-order valence-electron chi connectivity index (χ1n) is 5.28. The SMILES string of the molecule is O=C(O)CNC(=O)[C@H](Cc1ccc(O)cc1)N(Cl)Cl. The van der Waals surface area contributed by atoms with Gasteiger partial charge in [0.05, 0.1) is 0 Å². The molecule has 8 heteroatoms. The smallest absolute Gasteiger partial charge is 0.322 e. The molecule has 0 saturated heterocycles. The maximum absolute atomic E-state index is 11.7. The quantitative estimate of drug-likeness (QED) is 0.685. The standard InChI is InChI=1S/C11H12Cl2N2O4/c12-15(13)9(11(19)14-6-10(17)18)5-7-1-3-8(16)4-2-7/h1-4,9,16H,5-6H2,(H,14,19)(H,17,18)/t9-/m0/s1. The Kier molecular flexibility index (Phi) is 5.88. The van der Waals surface area contributed by atoms with Crippen LogP contribution in [0.15, 0.2) is 24.3 Å². The number of hydrogen-bond donors (Lipinski definition) is 3. The third-order valence-corrected chi connectivity index (χ3v) is 2.79. The van der Waals surface area contributed by atoms with Crippen LogP contribution in [0.5, 0.6) is 5.75 Å². The van der Waals surface area contributed by atoms with Gasteiger partial charge in [-0.3, -0.25) is 9.59 Å². The molecule has 0 heterocycles. The van der Waals surface area contributed by atoms with Crippen molar-refractivity contribution in [1.29, 1.82) is 0 Å². The fraction of sp³-hybridized carbons (Fsp3) is 0.273. The van der Waals surface area contributed by atoms with Gasteiger partial charge in [0.15, 0.2) is 0 Å². The molecule has 0 aliphatic heterocycles. The number of halogens is 2. The highest BCUT2D eigenvalue weighted by Crippen LogP contribution is 2.16. The number of carboxylic acids is 1. The summed E-state index contributed by atoms with van der Waals surface area (Å²) in [7, 11) is 0. The van der Waals surface area contributed by atoms with Crippen LogP contribution in [-0.2, 0) is 16.0 Å². The Morgan fingerprint density at radius 3 is 2.32 bits per heavy atom. The van der Waals surface area contributed by atoms with Crippen molar-refractivity contribution < 1.29 is 19.8 Å². The first-order valence-corrected chi connectivity index (χ1v) is 5.96. The molecule has 1 aromatic rings. The number of carbonyl (C=O) groups is 2. The first kappa shape index (κ1) is 15.6. The van der Waals surface area contributed by atoms with E-state index >= 15 is 0 Å². The predicted molar refractivity (Wildman–Crippen MR) is 69.8 cm³/mol. The number of carboxylic acid groups (broad SMARTS) is 1. The Hall–Kier alpha value is -1.50. The van der Waals surface area contributed by atoms with E-state index < -0.39 is 24.5 Å². The number of aromatic hydroxyl groups is 1. The van der Waals surface area contributed by atoms with E-state index in [-0.39, 0.29) is 12.2 Å². The largest absolute Gasteiger partial charge is 0.508 e. The molecular weight excluding hydrogens is 295 g/mol. The number of benzene rings is 1. The molecule has 3 N–H and O–H groups in total. The van der Waals surface area contributed by atoms with Crippen molar-refractivity contribution in [3.63, 3.8) is 0 Å². The van der Waals surface area contributed by atoms with Gasteiger partial charge in [0.1, 0.15) is 18.3 Å². The van der Waals surface area contributed by atoms with E-state index in [2.05, 4.69) is 5.32 Å². The molecule has 19 heavy (non-hydrogen) atoms. The van der Waals surface area contributed by atoms with Gasteiger partial charge in [0.25, 0.3) is 0 Å². The molecular formula is C11H12Cl2N2O4. The second kappa shape index (κ2) is 7.18. The highest BCUT2D eigenvalue weighted by atomic mass is 35.5. The topological polar surface area (TPSA) is 89.9 Å². The van der Waals surface area contributed by atoms with Crippen LogP contribution in [0.2, 0.25) is 0 Å². The number of phenols is 1. The van der Waals surface area contributed by atoms with Crippen LogP contribution in [0.1, 0.15) is 5.56 Å². The van der Waals surface area contributed by atoms with Crippen molar-refractivity contribution in [2.75, 3.05) is 6.54 Å². The average molecular weight is 307 g/mol. The number of carbonyl (C=O) groups excluding carboxylic acids is 1. The lowest BCUT2D eigenvalue weighted by Crippen LogP contribution is -2.43. The number of aliphatic carboxylic acids is 1. The maximum atomic E-state index is 11.7. The maximum Gasteiger partial charge on any atom is 0.322 e. The molecule has 0 aliphatic carbocycles. The Bertz CT molecular complexity index is 451.